The van der Waals surface area contributed by atoms with Gasteiger partial charge < -0.3 is 10.6 Å². The highest BCUT2D eigenvalue weighted by Gasteiger charge is 2.05. The van der Waals surface area contributed by atoms with Gasteiger partial charge in [-0.15, -0.1) is 0 Å². The molecular formula is C15H19N5O. The number of aryl methyl sites for hydroxylation is 2. The lowest BCUT2D eigenvalue weighted by Gasteiger charge is -2.09. The van der Waals surface area contributed by atoms with Crippen molar-refractivity contribution in [2.45, 2.75) is 20.8 Å². The number of hydrogen-bond donors (Lipinski definition) is 2. The molecule has 0 unspecified atom stereocenters. The third-order valence-corrected chi connectivity index (χ3v) is 3.27. The normalized spacial score (nSPS) is 10.2. The van der Waals surface area contributed by atoms with Crippen molar-refractivity contribution >= 4 is 11.9 Å². The smallest absolute Gasteiger partial charge is 0.251 e. The number of amides is 1. The molecule has 2 rings (SSSR count). The van der Waals surface area contributed by atoms with E-state index in [9.17, 15) is 4.79 Å². The highest BCUT2D eigenvalue weighted by Crippen LogP contribution is 2.10. The second-order valence-electron chi connectivity index (χ2n) is 4.76. The number of pyridine rings is 1. The molecule has 0 spiro atoms. The van der Waals surface area contributed by atoms with Crippen LogP contribution in [0.5, 0.6) is 0 Å². The number of nitrogens with one attached hydrogen (secondary N) is 2. The SMILES string of the molecule is Cc1nc(NCCNC(=O)c2ccncc2)nc(C)c1C. The van der Waals surface area contributed by atoms with Crippen LogP contribution in [0.25, 0.3) is 0 Å². The zero-order chi connectivity index (χ0) is 15.2. The molecule has 0 bridgehead atoms. The van der Waals surface area contributed by atoms with E-state index < -0.39 is 0 Å². The summed E-state index contributed by atoms with van der Waals surface area (Å²) in [5.74, 6) is 0.477. The van der Waals surface area contributed by atoms with E-state index in [0.717, 1.165) is 17.0 Å². The van der Waals surface area contributed by atoms with Crippen LogP contribution in [0.3, 0.4) is 0 Å². The molecule has 0 aliphatic rings. The van der Waals surface area contributed by atoms with E-state index in [1.54, 1.807) is 24.5 Å². The zero-order valence-electron chi connectivity index (χ0n) is 12.5. The minimum absolute atomic E-state index is 0.114. The second-order valence-corrected chi connectivity index (χ2v) is 4.76. The third-order valence-electron chi connectivity index (χ3n) is 3.27. The van der Waals surface area contributed by atoms with Crippen molar-refractivity contribution in [2.24, 2.45) is 0 Å². The van der Waals surface area contributed by atoms with Crippen molar-refractivity contribution in [3.05, 3.63) is 47.0 Å². The average molecular weight is 285 g/mol. The third kappa shape index (κ3) is 3.98. The number of carbonyl (C=O) groups is 1. The molecule has 2 N–H and O–H groups in total. The van der Waals surface area contributed by atoms with Crippen LogP contribution < -0.4 is 10.6 Å². The molecule has 21 heavy (non-hydrogen) atoms. The van der Waals surface area contributed by atoms with Gasteiger partial charge in [0, 0.05) is 42.4 Å². The zero-order valence-corrected chi connectivity index (χ0v) is 12.5. The number of rotatable bonds is 5. The van der Waals surface area contributed by atoms with Gasteiger partial charge in [0.2, 0.25) is 5.95 Å². The number of carbonyl (C=O) groups excluding carboxylic acids is 1. The molecule has 0 aliphatic carbocycles. The quantitative estimate of drug-likeness (QED) is 0.816. The fourth-order valence-corrected chi connectivity index (χ4v) is 1.81. The Hall–Kier alpha value is -2.50. The van der Waals surface area contributed by atoms with E-state index in [2.05, 4.69) is 25.6 Å². The molecule has 110 valence electrons. The summed E-state index contributed by atoms with van der Waals surface area (Å²) in [6.45, 7) is 6.99. The van der Waals surface area contributed by atoms with Crippen LogP contribution >= 0.6 is 0 Å². The Bertz CT molecular complexity index is 604. The van der Waals surface area contributed by atoms with E-state index in [4.69, 9.17) is 0 Å². The van der Waals surface area contributed by atoms with Gasteiger partial charge in [0.15, 0.2) is 0 Å². The van der Waals surface area contributed by atoms with Gasteiger partial charge in [-0.1, -0.05) is 0 Å². The molecule has 0 saturated carbocycles. The highest BCUT2D eigenvalue weighted by atomic mass is 16.1. The van der Waals surface area contributed by atoms with Gasteiger partial charge in [-0.2, -0.15) is 0 Å². The molecule has 2 heterocycles. The summed E-state index contributed by atoms with van der Waals surface area (Å²) in [7, 11) is 0. The molecule has 0 aromatic carbocycles. The van der Waals surface area contributed by atoms with Crippen LogP contribution in [-0.2, 0) is 0 Å². The monoisotopic (exact) mass is 285 g/mol. The summed E-state index contributed by atoms with van der Waals surface area (Å²) < 4.78 is 0. The molecule has 6 heteroatoms. The number of hydrogen-bond acceptors (Lipinski definition) is 5. The first-order valence-electron chi connectivity index (χ1n) is 6.82. The Morgan fingerprint density at radius 1 is 1.05 bits per heavy atom. The van der Waals surface area contributed by atoms with Crippen molar-refractivity contribution in [2.75, 3.05) is 18.4 Å². The van der Waals surface area contributed by atoms with Gasteiger partial charge in [-0.25, -0.2) is 9.97 Å². The second kappa shape index (κ2) is 6.78. The van der Waals surface area contributed by atoms with E-state index in [1.165, 1.54) is 0 Å². The van der Waals surface area contributed by atoms with Crippen molar-refractivity contribution in [3.63, 3.8) is 0 Å². The Kier molecular flexibility index (Phi) is 4.81. The van der Waals surface area contributed by atoms with Crippen molar-refractivity contribution in [3.8, 4) is 0 Å². The fourth-order valence-electron chi connectivity index (χ4n) is 1.81. The summed E-state index contributed by atoms with van der Waals surface area (Å²) in [6.07, 6.45) is 3.19. The van der Waals surface area contributed by atoms with Crippen LogP contribution in [0.2, 0.25) is 0 Å². The average Bonchev–Trinajstić information content (AvgIpc) is 2.49. The molecule has 2 aromatic heterocycles. The van der Waals surface area contributed by atoms with Gasteiger partial charge in [0.25, 0.3) is 5.91 Å². The summed E-state index contributed by atoms with van der Waals surface area (Å²) >= 11 is 0. The molecule has 0 atom stereocenters. The summed E-state index contributed by atoms with van der Waals surface area (Å²) in [5, 5.41) is 5.94. The minimum atomic E-state index is -0.114. The first-order chi connectivity index (χ1) is 10.1. The predicted molar refractivity (Wildman–Crippen MR) is 81.3 cm³/mol. The Morgan fingerprint density at radius 2 is 1.67 bits per heavy atom. The van der Waals surface area contributed by atoms with Crippen LogP contribution in [0.15, 0.2) is 24.5 Å². The van der Waals surface area contributed by atoms with Gasteiger partial charge in [0.1, 0.15) is 0 Å². The fraction of sp³-hybridized carbons (Fsp3) is 0.333. The largest absolute Gasteiger partial charge is 0.352 e. The lowest BCUT2D eigenvalue weighted by molar-refractivity contribution is 0.0955. The number of nitrogens with zero attached hydrogens (tertiary/aromatic N) is 3. The maximum atomic E-state index is 11.8. The minimum Gasteiger partial charge on any atom is -0.352 e. The van der Waals surface area contributed by atoms with Crippen molar-refractivity contribution in [1.82, 2.24) is 20.3 Å². The number of anilines is 1. The van der Waals surface area contributed by atoms with Crippen LogP contribution in [0.1, 0.15) is 27.3 Å². The predicted octanol–water partition coefficient (Wildman–Crippen LogP) is 1.64. The summed E-state index contributed by atoms with van der Waals surface area (Å²) in [5.41, 5.74) is 3.63. The maximum Gasteiger partial charge on any atom is 0.251 e. The molecular weight excluding hydrogens is 266 g/mol. The van der Waals surface area contributed by atoms with Gasteiger partial charge in [-0.3, -0.25) is 9.78 Å². The molecule has 0 fully saturated rings. The van der Waals surface area contributed by atoms with Crippen molar-refractivity contribution in [1.29, 1.82) is 0 Å². The Morgan fingerprint density at radius 3 is 2.29 bits per heavy atom. The first kappa shape index (κ1) is 14.9. The van der Waals surface area contributed by atoms with Crippen LogP contribution in [0.4, 0.5) is 5.95 Å². The van der Waals surface area contributed by atoms with E-state index in [0.29, 0.717) is 24.6 Å². The van der Waals surface area contributed by atoms with Gasteiger partial charge >= 0.3 is 0 Å². The first-order valence-corrected chi connectivity index (χ1v) is 6.82. The van der Waals surface area contributed by atoms with Crippen LogP contribution in [0, 0.1) is 20.8 Å². The molecule has 0 aliphatic heterocycles. The van der Waals surface area contributed by atoms with Crippen LogP contribution in [-0.4, -0.2) is 33.9 Å². The molecule has 0 radical (unpaired) electrons. The number of aromatic nitrogens is 3. The van der Waals surface area contributed by atoms with E-state index in [1.807, 2.05) is 20.8 Å². The lowest BCUT2D eigenvalue weighted by Crippen LogP contribution is -2.29. The molecule has 6 nitrogen and oxygen atoms in total. The Labute approximate surface area is 124 Å². The Balaban J connectivity index is 1.81. The molecule has 1 amide bonds. The van der Waals surface area contributed by atoms with E-state index >= 15 is 0 Å². The molecule has 0 saturated heterocycles. The van der Waals surface area contributed by atoms with Crippen molar-refractivity contribution < 1.29 is 4.79 Å². The standard InChI is InChI=1S/C15H19N5O/c1-10-11(2)19-15(20-12(10)3)18-9-8-17-14(21)13-4-6-16-7-5-13/h4-7H,8-9H2,1-3H3,(H,17,21)(H,18,19,20). The van der Waals surface area contributed by atoms with Gasteiger partial charge in [0.05, 0.1) is 0 Å². The topological polar surface area (TPSA) is 79.8 Å². The lowest BCUT2D eigenvalue weighted by atomic mass is 10.2. The van der Waals surface area contributed by atoms with E-state index in [-0.39, 0.29) is 5.91 Å². The maximum absolute atomic E-state index is 11.8. The summed E-state index contributed by atoms with van der Waals surface area (Å²) in [4.78, 5) is 24.4. The van der Waals surface area contributed by atoms with Gasteiger partial charge in [-0.05, 0) is 38.5 Å². The highest BCUT2D eigenvalue weighted by molar-refractivity contribution is 5.93. The molecule has 2 aromatic rings. The summed E-state index contributed by atoms with van der Waals surface area (Å²) in [6, 6.07) is 3.36.